The minimum absolute atomic E-state index is 0.000303. The van der Waals surface area contributed by atoms with Crippen molar-refractivity contribution in [3.8, 4) is 0 Å². The van der Waals surface area contributed by atoms with Crippen molar-refractivity contribution in [2.75, 3.05) is 5.32 Å². The number of hydrogen-bond acceptors (Lipinski definition) is 4. The van der Waals surface area contributed by atoms with Gasteiger partial charge in [-0.2, -0.15) is 0 Å². The number of carbonyl (C=O) groups is 1. The molecule has 0 atom stereocenters. The van der Waals surface area contributed by atoms with E-state index < -0.39 is 0 Å². The summed E-state index contributed by atoms with van der Waals surface area (Å²) in [4.78, 5) is 18.9. The van der Waals surface area contributed by atoms with Crippen molar-refractivity contribution < 1.29 is 4.79 Å². The first kappa shape index (κ1) is 16.2. The summed E-state index contributed by atoms with van der Waals surface area (Å²) >= 11 is 1.80. The monoisotopic (exact) mass is 332 g/mol. The first-order valence-electron chi connectivity index (χ1n) is 8.47. The lowest BCUT2D eigenvalue weighted by Gasteiger charge is -2.21. The summed E-state index contributed by atoms with van der Waals surface area (Å²) in [6, 6.07) is 4.72. The minimum atomic E-state index is -0.000303. The zero-order chi connectivity index (χ0) is 16.1. The smallest absolute Gasteiger partial charge is 0.248 e. The fourth-order valence-corrected chi connectivity index (χ4v) is 4.02. The molecule has 2 aromatic heterocycles. The van der Waals surface area contributed by atoms with E-state index in [0.717, 1.165) is 25.7 Å². The highest BCUT2D eigenvalue weighted by Gasteiger charge is 2.17. The van der Waals surface area contributed by atoms with Crippen LogP contribution in [0.4, 0.5) is 5.95 Å². The van der Waals surface area contributed by atoms with Crippen molar-refractivity contribution in [1.29, 1.82) is 0 Å². The van der Waals surface area contributed by atoms with Gasteiger partial charge in [0, 0.05) is 16.2 Å². The second-order valence-corrected chi connectivity index (χ2v) is 7.63. The van der Waals surface area contributed by atoms with Gasteiger partial charge in [-0.1, -0.05) is 19.3 Å². The molecule has 23 heavy (non-hydrogen) atoms. The Kier molecular flexibility index (Phi) is 5.43. The quantitative estimate of drug-likeness (QED) is 0.866. The first-order chi connectivity index (χ1) is 11.2. The lowest BCUT2D eigenvalue weighted by molar-refractivity contribution is -0.116. The van der Waals surface area contributed by atoms with Crippen LogP contribution in [0.3, 0.4) is 0 Å². The van der Waals surface area contributed by atoms with E-state index in [2.05, 4.69) is 34.5 Å². The summed E-state index contributed by atoms with van der Waals surface area (Å²) in [7, 11) is 0. The Labute approximate surface area is 141 Å². The first-order valence-corrected chi connectivity index (χ1v) is 9.28. The van der Waals surface area contributed by atoms with Crippen LogP contribution in [0.1, 0.15) is 60.7 Å². The molecular formula is C17H24N4OS. The number of aromatic nitrogens is 3. The van der Waals surface area contributed by atoms with Crippen LogP contribution in [-0.4, -0.2) is 20.7 Å². The van der Waals surface area contributed by atoms with Gasteiger partial charge in [0.05, 0.1) is 6.04 Å². The van der Waals surface area contributed by atoms with E-state index in [1.54, 1.807) is 17.7 Å². The van der Waals surface area contributed by atoms with Gasteiger partial charge in [-0.3, -0.25) is 10.1 Å². The van der Waals surface area contributed by atoms with Gasteiger partial charge in [0.1, 0.15) is 6.33 Å². The molecule has 0 saturated heterocycles. The van der Waals surface area contributed by atoms with Crippen molar-refractivity contribution in [1.82, 2.24) is 14.8 Å². The molecule has 1 N–H and O–H groups in total. The Hall–Kier alpha value is -1.69. The van der Waals surface area contributed by atoms with E-state index in [0.29, 0.717) is 18.4 Å². The largest absolute Gasteiger partial charge is 0.293 e. The third kappa shape index (κ3) is 4.64. The predicted octanol–water partition coefficient (Wildman–Crippen LogP) is 4.11. The molecule has 1 aliphatic rings. The van der Waals surface area contributed by atoms with Crippen molar-refractivity contribution in [3.63, 3.8) is 0 Å². The van der Waals surface area contributed by atoms with Gasteiger partial charge in [0.25, 0.3) is 0 Å². The van der Waals surface area contributed by atoms with E-state index in [1.165, 1.54) is 29.0 Å². The number of aryl methyl sites for hydroxylation is 2. The fraction of sp³-hybridized carbons (Fsp3) is 0.588. The average Bonchev–Trinajstić information content (AvgIpc) is 3.17. The molecule has 6 heteroatoms. The molecule has 0 radical (unpaired) electrons. The number of carbonyl (C=O) groups excluding carboxylic acids is 1. The standard InChI is InChI=1S/C17H24N4OS/c1-13-10-11-15(23-13)8-5-9-16(22)19-17-18-12-21(20-17)14-6-3-2-4-7-14/h10-12,14H,2-9H2,1H3,(H,19,20,22). The maximum Gasteiger partial charge on any atom is 0.248 e. The lowest BCUT2D eigenvalue weighted by atomic mass is 9.96. The van der Waals surface area contributed by atoms with Crippen LogP contribution in [0.15, 0.2) is 18.5 Å². The number of thiophene rings is 1. The van der Waals surface area contributed by atoms with Crippen molar-refractivity contribution in [3.05, 3.63) is 28.2 Å². The van der Waals surface area contributed by atoms with Gasteiger partial charge in [-0.25, -0.2) is 9.67 Å². The van der Waals surface area contributed by atoms with Crippen LogP contribution in [0.2, 0.25) is 0 Å². The molecule has 1 amide bonds. The fourth-order valence-electron chi connectivity index (χ4n) is 3.08. The molecular weight excluding hydrogens is 308 g/mol. The van der Waals surface area contributed by atoms with Gasteiger partial charge in [0.15, 0.2) is 0 Å². The highest BCUT2D eigenvalue weighted by atomic mass is 32.1. The zero-order valence-electron chi connectivity index (χ0n) is 13.6. The van der Waals surface area contributed by atoms with Crippen LogP contribution >= 0.6 is 11.3 Å². The average molecular weight is 332 g/mol. The van der Waals surface area contributed by atoms with E-state index in [-0.39, 0.29) is 5.91 Å². The maximum absolute atomic E-state index is 12.0. The Morgan fingerprint density at radius 2 is 2.17 bits per heavy atom. The molecule has 5 nitrogen and oxygen atoms in total. The molecule has 0 spiro atoms. The van der Waals surface area contributed by atoms with Crippen LogP contribution < -0.4 is 5.32 Å². The van der Waals surface area contributed by atoms with E-state index >= 15 is 0 Å². The van der Waals surface area contributed by atoms with E-state index in [4.69, 9.17) is 0 Å². The molecule has 1 aliphatic carbocycles. The summed E-state index contributed by atoms with van der Waals surface area (Å²) in [6.45, 7) is 2.11. The second kappa shape index (κ2) is 7.73. The third-order valence-corrected chi connectivity index (χ3v) is 5.39. The Bertz CT molecular complexity index is 643. The summed E-state index contributed by atoms with van der Waals surface area (Å²) in [5.74, 6) is 0.437. The van der Waals surface area contributed by atoms with Crippen LogP contribution in [0, 0.1) is 6.92 Å². The van der Waals surface area contributed by atoms with Crippen molar-refractivity contribution >= 4 is 23.2 Å². The predicted molar refractivity (Wildman–Crippen MR) is 92.8 cm³/mol. The molecule has 1 saturated carbocycles. The molecule has 0 bridgehead atoms. The molecule has 2 aromatic rings. The number of nitrogens with zero attached hydrogens (tertiary/aromatic N) is 3. The SMILES string of the molecule is Cc1ccc(CCCC(=O)Nc2ncn(C3CCCCC3)n2)s1. The van der Waals surface area contributed by atoms with Crippen molar-refractivity contribution in [2.45, 2.75) is 64.3 Å². The van der Waals surface area contributed by atoms with Gasteiger partial charge in [-0.15, -0.1) is 16.4 Å². The Morgan fingerprint density at radius 1 is 1.35 bits per heavy atom. The van der Waals surface area contributed by atoms with Gasteiger partial charge in [-0.05, 0) is 44.7 Å². The molecule has 0 aromatic carbocycles. The topological polar surface area (TPSA) is 59.8 Å². The number of rotatable bonds is 6. The van der Waals surface area contributed by atoms with E-state index in [1.807, 2.05) is 4.68 Å². The number of hydrogen-bond donors (Lipinski definition) is 1. The van der Waals surface area contributed by atoms with Gasteiger partial charge < -0.3 is 0 Å². The van der Waals surface area contributed by atoms with Crippen LogP contribution in [0.25, 0.3) is 0 Å². The van der Waals surface area contributed by atoms with Crippen LogP contribution in [0.5, 0.6) is 0 Å². The Morgan fingerprint density at radius 3 is 2.91 bits per heavy atom. The minimum Gasteiger partial charge on any atom is -0.293 e. The number of nitrogens with one attached hydrogen (secondary N) is 1. The summed E-state index contributed by atoms with van der Waals surface area (Å²) in [5.41, 5.74) is 0. The van der Waals surface area contributed by atoms with Crippen molar-refractivity contribution in [2.24, 2.45) is 0 Å². The van der Waals surface area contributed by atoms with Gasteiger partial charge >= 0.3 is 0 Å². The van der Waals surface area contributed by atoms with Gasteiger partial charge in [0.2, 0.25) is 11.9 Å². The molecule has 2 heterocycles. The maximum atomic E-state index is 12.0. The highest BCUT2D eigenvalue weighted by Crippen LogP contribution is 2.27. The number of anilines is 1. The molecule has 0 aliphatic heterocycles. The van der Waals surface area contributed by atoms with Crippen LogP contribution in [-0.2, 0) is 11.2 Å². The zero-order valence-corrected chi connectivity index (χ0v) is 14.4. The molecule has 1 fully saturated rings. The molecule has 0 unspecified atom stereocenters. The molecule has 124 valence electrons. The van der Waals surface area contributed by atoms with E-state index in [9.17, 15) is 4.79 Å². The number of amides is 1. The summed E-state index contributed by atoms with van der Waals surface area (Å²) < 4.78 is 1.92. The Balaban J connectivity index is 1.43. The summed E-state index contributed by atoms with van der Waals surface area (Å²) in [5, 5.41) is 7.23. The summed E-state index contributed by atoms with van der Waals surface area (Å²) in [6.07, 6.45) is 10.2. The normalized spacial score (nSPS) is 15.7. The molecule has 3 rings (SSSR count). The highest BCUT2D eigenvalue weighted by molar-refractivity contribution is 7.11. The lowest BCUT2D eigenvalue weighted by Crippen LogP contribution is -2.15. The third-order valence-electron chi connectivity index (χ3n) is 4.33. The second-order valence-electron chi connectivity index (χ2n) is 6.25.